The summed E-state index contributed by atoms with van der Waals surface area (Å²) in [5, 5.41) is 11.6. The Balaban J connectivity index is 1.21. The van der Waals surface area contributed by atoms with E-state index in [-0.39, 0.29) is 30.3 Å². The first-order chi connectivity index (χ1) is 19.2. The Morgan fingerprint density at radius 3 is 2.85 bits per heavy atom. The second-order valence-electron chi connectivity index (χ2n) is 9.36. The van der Waals surface area contributed by atoms with E-state index < -0.39 is 43.5 Å². The number of nitrogens with one attached hydrogen (secondary N) is 1. The molecule has 212 valence electrons. The van der Waals surface area contributed by atoms with Crippen LogP contribution in [0.3, 0.4) is 0 Å². The molecule has 1 aromatic carbocycles. The number of aromatic nitrogens is 4. The van der Waals surface area contributed by atoms with Gasteiger partial charge < -0.3 is 24.9 Å². The molecular weight excluding hydrogens is 547 g/mol. The molecule has 40 heavy (non-hydrogen) atoms. The maximum atomic E-state index is 13.4. The fraction of sp³-hybridized carbons (Fsp3) is 0.417. The first-order valence-electron chi connectivity index (χ1n) is 12.6. The van der Waals surface area contributed by atoms with Crippen LogP contribution in [0.1, 0.15) is 25.6 Å². The monoisotopic (exact) mass is 574 g/mol. The van der Waals surface area contributed by atoms with Gasteiger partial charge in [-0.3, -0.25) is 27.9 Å². The quantitative estimate of drug-likeness (QED) is 0.213. The zero-order valence-corrected chi connectivity index (χ0v) is 22.4. The van der Waals surface area contributed by atoms with Crippen molar-refractivity contribution in [2.24, 2.45) is 0 Å². The first-order valence-corrected chi connectivity index (χ1v) is 14.1. The molecule has 0 aliphatic carbocycles. The molecule has 5 heterocycles. The van der Waals surface area contributed by atoms with Crippen LogP contribution in [0.5, 0.6) is 0 Å². The average molecular weight is 574 g/mol. The highest BCUT2D eigenvalue weighted by atomic mass is 31.2. The van der Waals surface area contributed by atoms with Gasteiger partial charge in [0.1, 0.15) is 23.9 Å². The molecule has 6 rings (SSSR count). The van der Waals surface area contributed by atoms with Gasteiger partial charge in [0.2, 0.25) is 5.95 Å². The summed E-state index contributed by atoms with van der Waals surface area (Å²) in [7, 11) is -4.18. The SMILES string of the molecule is CCN(CC)c1ccc2c(COP3(=O)OC[C@H]4O[C@@H](n5cnc6c(=O)[nH]c(N)nc65)[C@H](O)[C@@H]4O3)cc(=O)oc2c1. The fourth-order valence-corrected chi connectivity index (χ4v) is 6.41. The van der Waals surface area contributed by atoms with Crippen LogP contribution in [0.2, 0.25) is 0 Å². The maximum absolute atomic E-state index is 13.4. The molecule has 5 atom stereocenters. The average Bonchev–Trinajstić information content (AvgIpc) is 3.48. The highest BCUT2D eigenvalue weighted by Gasteiger charge is 2.53. The van der Waals surface area contributed by atoms with E-state index in [9.17, 15) is 19.3 Å². The van der Waals surface area contributed by atoms with E-state index in [1.54, 1.807) is 12.1 Å². The Labute approximate surface area is 226 Å². The normalized spacial score (nSPS) is 26.4. The van der Waals surface area contributed by atoms with Gasteiger partial charge in [-0.1, -0.05) is 0 Å². The van der Waals surface area contributed by atoms with Crippen molar-refractivity contribution in [3.63, 3.8) is 0 Å². The van der Waals surface area contributed by atoms with Crippen molar-refractivity contribution < 1.29 is 32.4 Å². The number of phosphoric acid groups is 1. The summed E-state index contributed by atoms with van der Waals surface area (Å²) < 4.78 is 42.7. The van der Waals surface area contributed by atoms with Crippen molar-refractivity contribution in [1.29, 1.82) is 0 Å². The number of nitrogens with zero attached hydrogens (tertiary/aromatic N) is 4. The molecule has 0 saturated carbocycles. The molecule has 4 N–H and O–H groups in total. The van der Waals surface area contributed by atoms with Gasteiger partial charge >= 0.3 is 13.4 Å². The molecule has 16 heteroatoms. The first kappa shape index (κ1) is 26.6. The zero-order chi connectivity index (χ0) is 28.2. The molecule has 4 aromatic rings. The lowest BCUT2D eigenvalue weighted by Gasteiger charge is -2.30. The van der Waals surface area contributed by atoms with E-state index in [4.69, 9.17) is 28.5 Å². The number of hydrogen-bond acceptors (Lipinski definition) is 13. The number of H-pyrrole nitrogens is 1. The number of imidazole rings is 1. The summed E-state index contributed by atoms with van der Waals surface area (Å²) in [6.45, 7) is 5.14. The highest BCUT2D eigenvalue weighted by molar-refractivity contribution is 7.48. The Hall–Kier alpha value is -3.59. The summed E-state index contributed by atoms with van der Waals surface area (Å²) in [4.78, 5) is 37.0. The van der Waals surface area contributed by atoms with Crippen molar-refractivity contribution in [2.75, 3.05) is 30.3 Å². The fourth-order valence-electron chi connectivity index (χ4n) is 5.03. The Bertz CT molecular complexity index is 1750. The van der Waals surface area contributed by atoms with Gasteiger partial charge in [-0.2, -0.15) is 4.98 Å². The van der Waals surface area contributed by atoms with Crippen LogP contribution in [0, 0.1) is 0 Å². The lowest BCUT2D eigenvalue weighted by Crippen LogP contribution is -2.39. The minimum absolute atomic E-state index is 0.00910. The number of aliphatic hydroxyl groups excluding tert-OH is 1. The third kappa shape index (κ3) is 4.60. The van der Waals surface area contributed by atoms with E-state index in [1.165, 1.54) is 17.0 Å². The second kappa shape index (κ2) is 10.1. The predicted octanol–water partition coefficient (Wildman–Crippen LogP) is 1.65. The molecule has 2 fully saturated rings. The largest absolute Gasteiger partial charge is 0.475 e. The third-order valence-corrected chi connectivity index (χ3v) is 8.41. The molecule has 0 radical (unpaired) electrons. The molecule has 2 saturated heterocycles. The predicted molar refractivity (Wildman–Crippen MR) is 142 cm³/mol. The maximum Gasteiger partial charge on any atom is 0.475 e. The standard InChI is InChI=1S/C24H27N6O9P/c1-3-29(4-2)13-5-6-14-12(7-17(31)37-15(14)8-13)9-35-40(34)36-10-16-20(39-40)19(32)23(38-16)30-11-26-18-21(30)27-24(25)28-22(18)33/h5-8,11,16,19-20,23,32H,3-4,9-10H2,1-2H3,(H3,25,27,28,33)/t16-,19-,20-,23-,40?/m1/s1. The second-order valence-corrected chi connectivity index (χ2v) is 11.0. The van der Waals surface area contributed by atoms with Crippen LogP contribution in [0.4, 0.5) is 11.6 Å². The molecule has 0 amide bonds. The number of nitrogens with two attached hydrogens (primary N) is 1. The summed E-state index contributed by atoms with van der Waals surface area (Å²) in [5.41, 5.74) is 6.33. The van der Waals surface area contributed by atoms with E-state index in [2.05, 4.69) is 19.9 Å². The minimum Gasteiger partial charge on any atom is -0.423 e. The third-order valence-electron chi connectivity index (χ3n) is 7.00. The number of aromatic amines is 1. The Morgan fingerprint density at radius 1 is 1.27 bits per heavy atom. The molecular formula is C24H27N6O9P. The molecule has 0 spiro atoms. The zero-order valence-electron chi connectivity index (χ0n) is 21.6. The van der Waals surface area contributed by atoms with Gasteiger partial charge in [0, 0.05) is 36.3 Å². The summed E-state index contributed by atoms with van der Waals surface area (Å²) in [6.07, 6.45) is -3.02. The van der Waals surface area contributed by atoms with Crippen LogP contribution >= 0.6 is 7.82 Å². The van der Waals surface area contributed by atoms with Crippen molar-refractivity contribution in [3.8, 4) is 0 Å². The lowest BCUT2D eigenvalue weighted by molar-refractivity contribution is -0.0714. The van der Waals surface area contributed by atoms with Crippen molar-refractivity contribution in [2.45, 2.75) is 45.0 Å². The molecule has 2 aliphatic rings. The molecule has 2 aliphatic heterocycles. The van der Waals surface area contributed by atoms with E-state index in [0.717, 1.165) is 18.8 Å². The van der Waals surface area contributed by atoms with Crippen LogP contribution < -0.4 is 21.8 Å². The minimum atomic E-state index is -4.18. The molecule has 3 aromatic heterocycles. The smallest absolute Gasteiger partial charge is 0.423 e. The van der Waals surface area contributed by atoms with E-state index in [1.807, 2.05) is 19.9 Å². The molecule has 0 bridgehead atoms. The van der Waals surface area contributed by atoms with E-state index >= 15 is 0 Å². The summed E-state index contributed by atoms with van der Waals surface area (Å²) in [6, 6.07) is 6.74. The van der Waals surface area contributed by atoms with Crippen LogP contribution in [0.15, 0.2) is 44.6 Å². The van der Waals surface area contributed by atoms with Gasteiger partial charge in [0.05, 0.1) is 19.5 Å². The van der Waals surface area contributed by atoms with Crippen LogP contribution in [-0.4, -0.2) is 62.6 Å². The molecule has 1 unspecified atom stereocenters. The van der Waals surface area contributed by atoms with Gasteiger partial charge in [-0.15, -0.1) is 0 Å². The summed E-state index contributed by atoms with van der Waals surface area (Å²) in [5.74, 6) is -0.131. The number of hydrogen-bond donors (Lipinski definition) is 3. The number of nitrogen functional groups attached to an aromatic ring is 1. The van der Waals surface area contributed by atoms with Crippen LogP contribution in [-0.2, 0) is 29.5 Å². The number of rotatable bonds is 7. The topological polar surface area (TPSA) is 197 Å². The van der Waals surface area contributed by atoms with Crippen molar-refractivity contribution in [1.82, 2.24) is 19.5 Å². The highest BCUT2D eigenvalue weighted by Crippen LogP contribution is 2.57. The summed E-state index contributed by atoms with van der Waals surface area (Å²) >= 11 is 0. The van der Waals surface area contributed by atoms with Crippen molar-refractivity contribution >= 4 is 41.6 Å². The number of fused-ring (bicyclic) bond motifs is 3. The van der Waals surface area contributed by atoms with E-state index in [0.29, 0.717) is 16.5 Å². The van der Waals surface area contributed by atoms with Crippen molar-refractivity contribution in [3.05, 3.63) is 56.9 Å². The molecule has 15 nitrogen and oxygen atoms in total. The number of phosphoric ester groups is 1. The number of aliphatic hydroxyl groups is 1. The lowest BCUT2D eigenvalue weighted by atomic mass is 10.1. The number of anilines is 2. The van der Waals surface area contributed by atoms with Gasteiger partial charge in [-0.05, 0) is 31.5 Å². The van der Waals surface area contributed by atoms with Gasteiger partial charge in [0.15, 0.2) is 17.4 Å². The van der Waals surface area contributed by atoms with Gasteiger partial charge in [-0.25, -0.2) is 14.3 Å². The number of ether oxygens (including phenoxy) is 1. The Morgan fingerprint density at radius 2 is 2.08 bits per heavy atom. The Kier molecular flexibility index (Phi) is 6.73. The van der Waals surface area contributed by atoms with Crippen LogP contribution in [0.25, 0.3) is 22.1 Å². The number of benzene rings is 1. The van der Waals surface area contributed by atoms with Gasteiger partial charge in [0.25, 0.3) is 5.56 Å².